The minimum atomic E-state index is -3.88. The number of ether oxygens (including phenoxy) is 1. The van der Waals surface area contributed by atoms with E-state index in [1.165, 1.54) is 77.7 Å². The number of esters is 1. The Balaban J connectivity index is 3.81. The van der Waals surface area contributed by atoms with Crippen LogP contribution < -0.4 is 10.6 Å². The van der Waals surface area contributed by atoms with Crippen molar-refractivity contribution in [2.45, 2.75) is 186 Å². The fourth-order valence-corrected chi connectivity index (χ4v) is 6.92. The molecule has 11 heteroatoms. The van der Waals surface area contributed by atoms with Crippen molar-refractivity contribution in [2.75, 3.05) is 46.6 Å². The van der Waals surface area contributed by atoms with E-state index < -0.39 is 22.1 Å². The van der Waals surface area contributed by atoms with Gasteiger partial charge in [0.15, 0.2) is 0 Å². The van der Waals surface area contributed by atoms with Crippen molar-refractivity contribution in [3.8, 4) is 0 Å². The van der Waals surface area contributed by atoms with Crippen molar-refractivity contribution in [1.82, 2.24) is 10.6 Å². The summed E-state index contributed by atoms with van der Waals surface area (Å²) < 4.78 is 36.4. The van der Waals surface area contributed by atoms with Gasteiger partial charge in [0.25, 0.3) is 10.1 Å². The molecule has 0 bridgehead atoms. The van der Waals surface area contributed by atoms with Gasteiger partial charge < -0.3 is 19.9 Å². The number of methoxy groups -OCH3 is 1. The first-order chi connectivity index (χ1) is 23.9. The molecule has 2 amide bonds. The van der Waals surface area contributed by atoms with Crippen molar-refractivity contribution in [3.63, 3.8) is 0 Å². The van der Waals surface area contributed by atoms with Crippen molar-refractivity contribution < 1.29 is 36.6 Å². The van der Waals surface area contributed by atoms with Crippen LogP contribution in [-0.4, -0.2) is 87.9 Å². The Hall–Kier alpha value is -1.72. The predicted octanol–water partition coefficient (Wildman–Crippen LogP) is 8.28. The summed E-state index contributed by atoms with van der Waals surface area (Å²) in [5.41, 5.74) is 0. The van der Waals surface area contributed by atoms with Gasteiger partial charge in [0.2, 0.25) is 11.8 Å². The van der Waals surface area contributed by atoms with E-state index in [4.69, 9.17) is 9.29 Å². The van der Waals surface area contributed by atoms with Gasteiger partial charge in [-0.1, -0.05) is 116 Å². The van der Waals surface area contributed by atoms with Gasteiger partial charge in [-0.3, -0.25) is 14.1 Å². The second kappa shape index (κ2) is 32.0. The molecular weight excluding hydrogens is 655 g/mol. The van der Waals surface area contributed by atoms with Crippen molar-refractivity contribution >= 4 is 27.9 Å². The van der Waals surface area contributed by atoms with E-state index in [1.54, 1.807) is 0 Å². The first-order valence-corrected chi connectivity index (χ1v) is 21.9. The van der Waals surface area contributed by atoms with Crippen LogP contribution in [0.2, 0.25) is 0 Å². The summed E-state index contributed by atoms with van der Waals surface area (Å²) in [7, 11) is 1.65. The van der Waals surface area contributed by atoms with Gasteiger partial charge in [0, 0.05) is 25.8 Å². The van der Waals surface area contributed by atoms with Crippen LogP contribution in [0.25, 0.3) is 0 Å². The molecule has 0 aliphatic carbocycles. The zero-order valence-corrected chi connectivity index (χ0v) is 33.6. The molecule has 0 aromatic rings. The second-order valence-corrected chi connectivity index (χ2v) is 16.7. The first-order valence-electron chi connectivity index (χ1n) is 20.3. The van der Waals surface area contributed by atoms with Gasteiger partial charge in [-0.2, -0.15) is 8.42 Å². The number of rotatable bonds is 36. The third-order valence-corrected chi connectivity index (χ3v) is 10.5. The third kappa shape index (κ3) is 33.4. The topological polar surface area (TPSA) is 139 Å². The summed E-state index contributed by atoms with van der Waals surface area (Å²) >= 11 is 0. The zero-order chi connectivity index (χ0) is 37.4. The Kier molecular flexibility index (Phi) is 30.9. The molecule has 0 rings (SSSR count). The molecule has 0 aromatic heterocycles. The van der Waals surface area contributed by atoms with Crippen LogP contribution in [0.15, 0.2) is 0 Å². The molecule has 0 saturated heterocycles. The number of nitrogens with zero attached hydrogens (tertiary/aromatic N) is 1. The maximum atomic E-state index is 12.5. The molecule has 0 spiro atoms. The molecule has 0 aliphatic heterocycles. The number of hydrogen-bond acceptors (Lipinski definition) is 6. The van der Waals surface area contributed by atoms with Gasteiger partial charge in [-0.25, -0.2) is 4.79 Å². The first kappa shape index (κ1) is 48.3. The lowest BCUT2D eigenvalue weighted by atomic mass is 10.0. The highest BCUT2D eigenvalue weighted by Gasteiger charge is 2.21. The normalized spacial score (nSPS) is 12.5. The van der Waals surface area contributed by atoms with Crippen molar-refractivity contribution in [2.24, 2.45) is 0 Å². The number of hydrogen-bond donors (Lipinski definition) is 3. The van der Waals surface area contributed by atoms with E-state index in [2.05, 4.69) is 31.7 Å². The highest BCUT2D eigenvalue weighted by atomic mass is 32.2. The molecule has 0 fully saturated rings. The summed E-state index contributed by atoms with van der Waals surface area (Å²) in [5, 5.41) is 5.84. The maximum Gasteiger partial charge on any atom is 0.328 e. The molecule has 0 aromatic carbocycles. The average molecular weight is 733 g/mol. The van der Waals surface area contributed by atoms with E-state index in [9.17, 15) is 22.8 Å². The number of unbranched alkanes of at least 4 members (excludes halogenated alkanes) is 20. The van der Waals surface area contributed by atoms with Crippen LogP contribution in [0.4, 0.5) is 0 Å². The van der Waals surface area contributed by atoms with E-state index in [1.807, 2.05) is 0 Å². The highest BCUT2D eigenvalue weighted by molar-refractivity contribution is 7.85. The molecule has 0 saturated carbocycles. The Labute approximate surface area is 307 Å². The predicted molar refractivity (Wildman–Crippen MR) is 206 cm³/mol. The number of amides is 2. The monoisotopic (exact) mass is 733 g/mol. The molecule has 296 valence electrons. The van der Waals surface area contributed by atoms with Crippen LogP contribution in [0.3, 0.4) is 0 Å². The van der Waals surface area contributed by atoms with Gasteiger partial charge in [0.1, 0.15) is 6.04 Å². The molecule has 50 heavy (non-hydrogen) atoms. The summed E-state index contributed by atoms with van der Waals surface area (Å²) in [6.45, 7) is 4.56. The van der Waals surface area contributed by atoms with Crippen LogP contribution >= 0.6 is 0 Å². The van der Waals surface area contributed by atoms with Crippen molar-refractivity contribution in [3.05, 3.63) is 0 Å². The minimum Gasteiger partial charge on any atom is -0.467 e. The quantitative estimate of drug-likeness (QED) is 0.0255. The number of nitrogens with one attached hydrogen (secondary N) is 2. The van der Waals surface area contributed by atoms with Gasteiger partial charge in [-0.05, 0) is 44.9 Å². The lowest BCUT2D eigenvalue weighted by Crippen LogP contribution is -2.41. The van der Waals surface area contributed by atoms with Gasteiger partial charge in [0.05, 0.1) is 40.0 Å². The Morgan fingerprint density at radius 1 is 0.620 bits per heavy atom. The van der Waals surface area contributed by atoms with Crippen LogP contribution in [0, 0.1) is 0 Å². The fraction of sp³-hybridized carbons (Fsp3) is 0.923. The smallest absolute Gasteiger partial charge is 0.328 e. The highest BCUT2D eigenvalue weighted by Crippen LogP contribution is 2.14. The molecular formula is C39H78N3O7S+. The zero-order valence-electron chi connectivity index (χ0n) is 32.7. The minimum absolute atomic E-state index is 0.0955. The Bertz CT molecular complexity index is 959. The van der Waals surface area contributed by atoms with E-state index in [0.717, 1.165) is 88.2 Å². The maximum absolute atomic E-state index is 12.5. The molecule has 0 heterocycles. The van der Waals surface area contributed by atoms with E-state index >= 15 is 0 Å². The number of carbonyl (C=O) groups is 3. The van der Waals surface area contributed by atoms with E-state index in [-0.39, 0.29) is 17.6 Å². The Morgan fingerprint density at radius 2 is 1.06 bits per heavy atom. The van der Waals surface area contributed by atoms with Crippen LogP contribution in [0.5, 0.6) is 0 Å². The molecule has 0 radical (unpaired) electrons. The summed E-state index contributed by atoms with van der Waals surface area (Å²) in [4.78, 5) is 36.9. The lowest BCUT2D eigenvalue weighted by molar-refractivity contribution is -0.890. The summed E-state index contributed by atoms with van der Waals surface area (Å²) in [6, 6.07) is -0.652. The van der Waals surface area contributed by atoms with Gasteiger partial charge in [-0.15, -0.1) is 0 Å². The third-order valence-electron chi connectivity index (χ3n) is 9.65. The standard InChI is InChI=1S/C39H77N3O7S/c1-5-6-7-8-9-10-11-12-13-14-17-20-23-30-37(43)40-32-26-25-29-36(39(45)49-4)41-38(44)31-24-21-18-15-16-19-22-27-33-42(2,3)34-28-35-50(46,47)48/h36H,5-35H2,1-4H3,(H2-,40,41,43,44,46,47,48)/p+1. The summed E-state index contributed by atoms with van der Waals surface area (Å²) in [5.74, 6) is -0.629. The van der Waals surface area contributed by atoms with Gasteiger partial charge >= 0.3 is 5.97 Å². The molecule has 1 atom stereocenters. The molecule has 1 unspecified atom stereocenters. The van der Waals surface area contributed by atoms with Crippen LogP contribution in [-0.2, 0) is 29.2 Å². The molecule has 0 aliphatic rings. The van der Waals surface area contributed by atoms with Crippen molar-refractivity contribution in [1.29, 1.82) is 0 Å². The van der Waals surface area contributed by atoms with Crippen LogP contribution in [0.1, 0.15) is 180 Å². The lowest BCUT2D eigenvalue weighted by Gasteiger charge is -2.29. The van der Waals surface area contributed by atoms with E-state index in [0.29, 0.717) is 38.6 Å². The molecule has 10 nitrogen and oxygen atoms in total. The average Bonchev–Trinajstić information content (AvgIpc) is 3.05. The second-order valence-electron chi connectivity index (χ2n) is 15.1. The largest absolute Gasteiger partial charge is 0.467 e. The molecule has 3 N–H and O–H groups in total. The Morgan fingerprint density at radius 3 is 1.54 bits per heavy atom. The number of carbonyl (C=O) groups excluding carboxylic acids is 3. The summed E-state index contributed by atoms with van der Waals surface area (Å²) in [6.07, 6.45) is 28.7. The fourth-order valence-electron chi connectivity index (χ4n) is 6.42. The SMILES string of the molecule is CCCCCCCCCCCCCCCC(=O)NCCCCC(NC(=O)CCCCCCCCCC[N+](C)(C)CCCS(=O)(=O)O)C(=O)OC. The number of quaternary nitrogens is 1.